The minimum atomic E-state index is -0.331. The lowest BCUT2D eigenvalue weighted by atomic mass is 10.1. The number of amides is 1. The number of hydrogen-bond acceptors (Lipinski definition) is 2. The Morgan fingerprint density at radius 2 is 1.76 bits per heavy atom. The molecular formula is C17H15FN2O. The van der Waals surface area contributed by atoms with E-state index in [0.29, 0.717) is 17.8 Å². The molecule has 106 valence electrons. The molecule has 0 radical (unpaired) electrons. The number of anilines is 1. The SMILES string of the molecule is CN(C(=O)c1ccc(C#CCN)cc1)c1ccc(F)cc1. The van der Waals surface area contributed by atoms with E-state index in [1.807, 2.05) is 0 Å². The summed E-state index contributed by atoms with van der Waals surface area (Å²) < 4.78 is 12.9. The van der Waals surface area contributed by atoms with Gasteiger partial charge in [-0.15, -0.1) is 0 Å². The highest BCUT2D eigenvalue weighted by molar-refractivity contribution is 6.05. The first-order valence-corrected chi connectivity index (χ1v) is 6.44. The summed E-state index contributed by atoms with van der Waals surface area (Å²) >= 11 is 0. The highest BCUT2D eigenvalue weighted by Gasteiger charge is 2.13. The van der Waals surface area contributed by atoms with Gasteiger partial charge >= 0.3 is 0 Å². The van der Waals surface area contributed by atoms with Crippen LogP contribution in [0.1, 0.15) is 15.9 Å². The molecule has 2 aromatic carbocycles. The summed E-state index contributed by atoms with van der Waals surface area (Å²) in [6.45, 7) is 0.300. The van der Waals surface area contributed by atoms with Gasteiger partial charge in [-0.1, -0.05) is 11.8 Å². The van der Waals surface area contributed by atoms with E-state index in [1.54, 1.807) is 43.4 Å². The Balaban J connectivity index is 2.17. The molecule has 1 amide bonds. The van der Waals surface area contributed by atoms with E-state index in [9.17, 15) is 9.18 Å². The monoisotopic (exact) mass is 282 g/mol. The molecule has 0 spiro atoms. The normalized spacial score (nSPS) is 9.67. The summed E-state index contributed by atoms with van der Waals surface area (Å²) in [6.07, 6.45) is 0. The zero-order valence-electron chi connectivity index (χ0n) is 11.6. The van der Waals surface area contributed by atoms with Gasteiger partial charge in [0.25, 0.3) is 5.91 Å². The third-order valence-corrected chi connectivity index (χ3v) is 2.99. The van der Waals surface area contributed by atoms with Crippen LogP contribution in [-0.2, 0) is 0 Å². The van der Waals surface area contributed by atoms with Gasteiger partial charge in [0, 0.05) is 23.9 Å². The van der Waals surface area contributed by atoms with Crippen molar-refractivity contribution in [1.82, 2.24) is 0 Å². The number of benzene rings is 2. The Morgan fingerprint density at radius 3 is 2.33 bits per heavy atom. The second-order valence-electron chi connectivity index (χ2n) is 4.42. The zero-order valence-corrected chi connectivity index (χ0v) is 11.6. The number of nitrogens with zero attached hydrogens (tertiary/aromatic N) is 1. The van der Waals surface area contributed by atoms with Gasteiger partial charge in [0.2, 0.25) is 0 Å². The predicted octanol–water partition coefficient (Wildman–Crippen LogP) is 2.41. The van der Waals surface area contributed by atoms with Crippen molar-refractivity contribution in [2.75, 3.05) is 18.5 Å². The number of nitrogens with two attached hydrogens (primary N) is 1. The van der Waals surface area contributed by atoms with Crippen LogP contribution < -0.4 is 10.6 Å². The number of hydrogen-bond donors (Lipinski definition) is 1. The molecule has 0 aliphatic heterocycles. The number of carbonyl (C=O) groups excluding carboxylic acids is 1. The Hall–Kier alpha value is -2.64. The van der Waals surface area contributed by atoms with E-state index in [4.69, 9.17) is 5.73 Å². The first-order chi connectivity index (χ1) is 10.1. The average molecular weight is 282 g/mol. The maximum absolute atomic E-state index is 12.9. The van der Waals surface area contributed by atoms with E-state index >= 15 is 0 Å². The van der Waals surface area contributed by atoms with Crippen molar-refractivity contribution in [3.05, 3.63) is 65.5 Å². The lowest BCUT2D eigenvalue weighted by Crippen LogP contribution is -2.26. The second-order valence-corrected chi connectivity index (χ2v) is 4.42. The summed E-state index contributed by atoms with van der Waals surface area (Å²) in [7, 11) is 1.65. The highest BCUT2D eigenvalue weighted by Crippen LogP contribution is 2.16. The van der Waals surface area contributed by atoms with Crippen LogP contribution in [0, 0.1) is 17.7 Å². The number of halogens is 1. The smallest absolute Gasteiger partial charge is 0.258 e. The third kappa shape index (κ3) is 3.68. The first-order valence-electron chi connectivity index (χ1n) is 6.44. The largest absolute Gasteiger partial charge is 0.320 e. The minimum absolute atomic E-state index is 0.167. The van der Waals surface area contributed by atoms with E-state index in [1.165, 1.54) is 17.0 Å². The van der Waals surface area contributed by atoms with Crippen molar-refractivity contribution < 1.29 is 9.18 Å². The Morgan fingerprint density at radius 1 is 1.14 bits per heavy atom. The molecule has 0 saturated carbocycles. The summed E-state index contributed by atoms with van der Waals surface area (Å²) in [5, 5.41) is 0. The molecule has 0 fully saturated rings. The molecule has 2 N–H and O–H groups in total. The Bertz CT molecular complexity index is 681. The van der Waals surface area contributed by atoms with Crippen molar-refractivity contribution in [2.45, 2.75) is 0 Å². The van der Waals surface area contributed by atoms with Crippen molar-refractivity contribution in [1.29, 1.82) is 0 Å². The van der Waals surface area contributed by atoms with Crippen LogP contribution in [0.5, 0.6) is 0 Å². The number of rotatable bonds is 2. The molecule has 0 aliphatic rings. The van der Waals surface area contributed by atoms with E-state index < -0.39 is 0 Å². The van der Waals surface area contributed by atoms with Gasteiger partial charge in [-0.05, 0) is 48.5 Å². The van der Waals surface area contributed by atoms with Crippen molar-refractivity contribution >= 4 is 11.6 Å². The summed E-state index contributed by atoms with van der Waals surface area (Å²) in [4.78, 5) is 13.8. The summed E-state index contributed by atoms with van der Waals surface area (Å²) in [5.41, 5.74) is 7.29. The maximum atomic E-state index is 12.9. The van der Waals surface area contributed by atoms with E-state index in [0.717, 1.165) is 5.56 Å². The van der Waals surface area contributed by atoms with Crippen molar-refractivity contribution in [3.63, 3.8) is 0 Å². The zero-order chi connectivity index (χ0) is 15.2. The molecule has 21 heavy (non-hydrogen) atoms. The third-order valence-electron chi connectivity index (χ3n) is 2.99. The van der Waals surface area contributed by atoms with E-state index in [2.05, 4.69) is 11.8 Å². The van der Waals surface area contributed by atoms with Crippen LogP contribution in [0.3, 0.4) is 0 Å². The highest BCUT2D eigenvalue weighted by atomic mass is 19.1. The minimum Gasteiger partial charge on any atom is -0.320 e. The summed E-state index contributed by atoms with van der Waals surface area (Å²) in [5.74, 6) is 5.15. The van der Waals surface area contributed by atoms with Crippen LogP contribution in [0.4, 0.5) is 10.1 Å². The van der Waals surface area contributed by atoms with Crippen molar-refractivity contribution in [2.24, 2.45) is 5.73 Å². The number of carbonyl (C=O) groups is 1. The van der Waals surface area contributed by atoms with Gasteiger partial charge in [0.15, 0.2) is 0 Å². The van der Waals surface area contributed by atoms with Gasteiger partial charge in [0.1, 0.15) is 5.82 Å². The fourth-order valence-corrected chi connectivity index (χ4v) is 1.82. The standard InChI is InChI=1S/C17H15FN2O/c1-20(16-10-8-15(18)9-11-16)17(21)14-6-4-13(5-7-14)3-2-12-19/h4-11H,12,19H2,1H3. The van der Waals surface area contributed by atoms with Gasteiger partial charge in [-0.2, -0.15) is 0 Å². The second kappa shape index (κ2) is 6.69. The van der Waals surface area contributed by atoms with Gasteiger partial charge in [0.05, 0.1) is 6.54 Å². The molecule has 0 aliphatic carbocycles. The first kappa shape index (κ1) is 14.8. The maximum Gasteiger partial charge on any atom is 0.258 e. The quantitative estimate of drug-likeness (QED) is 0.860. The Kier molecular flexibility index (Phi) is 4.70. The molecule has 0 heterocycles. The fourth-order valence-electron chi connectivity index (χ4n) is 1.82. The van der Waals surface area contributed by atoms with Crippen LogP contribution in [-0.4, -0.2) is 19.5 Å². The lowest BCUT2D eigenvalue weighted by molar-refractivity contribution is 0.0993. The molecular weight excluding hydrogens is 267 g/mol. The molecule has 0 unspecified atom stereocenters. The van der Waals surface area contributed by atoms with Crippen LogP contribution >= 0.6 is 0 Å². The van der Waals surface area contributed by atoms with Gasteiger partial charge in [-0.25, -0.2) is 4.39 Å². The Labute approximate surface area is 123 Å². The van der Waals surface area contributed by atoms with Gasteiger partial charge in [-0.3, -0.25) is 4.79 Å². The average Bonchev–Trinajstić information content (AvgIpc) is 2.53. The summed E-state index contributed by atoms with van der Waals surface area (Å²) in [6, 6.07) is 12.7. The fraction of sp³-hybridized carbons (Fsp3) is 0.118. The van der Waals surface area contributed by atoms with Crippen LogP contribution in [0.15, 0.2) is 48.5 Å². The van der Waals surface area contributed by atoms with Crippen LogP contribution in [0.25, 0.3) is 0 Å². The van der Waals surface area contributed by atoms with Gasteiger partial charge < -0.3 is 10.6 Å². The molecule has 0 saturated heterocycles. The molecule has 0 atom stereocenters. The lowest BCUT2D eigenvalue weighted by Gasteiger charge is -2.17. The molecule has 0 bridgehead atoms. The predicted molar refractivity (Wildman–Crippen MR) is 81.5 cm³/mol. The van der Waals surface area contributed by atoms with E-state index in [-0.39, 0.29) is 11.7 Å². The molecule has 2 rings (SSSR count). The molecule has 0 aromatic heterocycles. The molecule has 4 heteroatoms. The topological polar surface area (TPSA) is 46.3 Å². The van der Waals surface area contributed by atoms with Crippen molar-refractivity contribution in [3.8, 4) is 11.8 Å². The molecule has 3 nitrogen and oxygen atoms in total. The molecule has 2 aromatic rings. The van der Waals surface area contributed by atoms with Crippen LogP contribution in [0.2, 0.25) is 0 Å².